The van der Waals surface area contributed by atoms with Crippen LogP contribution in [-0.4, -0.2) is 35.7 Å². The average Bonchev–Trinajstić information content (AvgIpc) is 3.22. The Bertz CT molecular complexity index is 927. The minimum absolute atomic E-state index is 0.175. The Morgan fingerprint density at radius 2 is 1.55 bits per heavy atom. The van der Waals surface area contributed by atoms with Gasteiger partial charge in [0.05, 0.1) is 5.56 Å². The molecule has 1 saturated carbocycles. The number of Topliss-reactive ketones (excluding diaryl/α,β-unsaturated/α-hetero) is 1. The Kier molecular flexibility index (Phi) is 6.80. The lowest BCUT2D eigenvalue weighted by molar-refractivity contribution is -0.128. The summed E-state index contributed by atoms with van der Waals surface area (Å²) in [5.74, 6) is 0.0553. The van der Waals surface area contributed by atoms with Gasteiger partial charge in [0, 0.05) is 25.1 Å². The van der Waals surface area contributed by atoms with Crippen LogP contribution in [0.3, 0.4) is 0 Å². The first-order valence-electron chi connectivity index (χ1n) is 11.3. The number of amides is 1. The van der Waals surface area contributed by atoms with Gasteiger partial charge in [-0.3, -0.25) is 9.59 Å². The molecule has 0 spiro atoms. The largest absolute Gasteiger partial charge is 0.454 e. The Labute approximate surface area is 183 Å². The van der Waals surface area contributed by atoms with Crippen molar-refractivity contribution in [1.82, 2.24) is 4.90 Å². The van der Waals surface area contributed by atoms with Gasteiger partial charge in [-0.15, -0.1) is 0 Å². The minimum Gasteiger partial charge on any atom is -0.454 e. The fourth-order valence-corrected chi connectivity index (χ4v) is 4.51. The van der Waals surface area contributed by atoms with E-state index < -0.39 is 5.97 Å². The standard InChI is InChI=1S/C26H29NO4/c28-24(22-14-12-21(13-15-22)20-5-2-1-3-6-20)18-31-26(30)23-10-8-19(9-11-23)17-27-16-4-7-25(27)29/h8-15,20H,1-7,16-18H2. The highest BCUT2D eigenvalue weighted by Gasteiger charge is 2.20. The van der Waals surface area contributed by atoms with E-state index in [0.717, 1.165) is 18.5 Å². The van der Waals surface area contributed by atoms with E-state index in [9.17, 15) is 14.4 Å². The molecule has 1 saturated heterocycles. The van der Waals surface area contributed by atoms with E-state index in [2.05, 4.69) is 0 Å². The lowest BCUT2D eigenvalue weighted by Crippen LogP contribution is -2.23. The van der Waals surface area contributed by atoms with Crippen LogP contribution in [0.25, 0.3) is 0 Å². The molecule has 4 rings (SSSR count). The van der Waals surface area contributed by atoms with E-state index >= 15 is 0 Å². The summed E-state index contributed by atoms with van der Waals surface area (Å²) >= 11 is 0. The lowest BCUT2D eigenvalue weighted by atomic mass is 9.84. The molecule has 5 heteroatoms. The van der Waals surface area contributed by atoms with Crippen LogP contribution >= 0.6 is 0 Å². The normalized spacial score (nSPS) is 17.0. The second-order valence-corrected chi connectivity index (χ2v) is 8.57. The van der Waals surface area contributed by atoms with Crippen LogP contribution in [0.15, 0.2) is 48.5 Å². The number of ether oxygens (including phenoxy) is 1. The number of esters is 1. The number of carbonyl (C=O) groups excluding carboxylic acids is 3. The van der Waals surface area contributed by atoms with Crippen molar-refractivity contribution in [3.05, 3.63) is 70.8 Å². The molecule has 162 valence electrons. The fourth-order valence-electron chi connectivity index (χ4n) is 4.51. The quantitative estimate of drug-likeness (QED) is 0.473. The molecule has 2 aliphatic rings. The van der Waals surface area contributed by atoms with Gasteiger partial charge in [-0.1, -0.05) is 55.7 Å². The van der Waals surface area contributed by atoms with Crippen molar-refractivity contribution in [1.29, 1.82) is 0 Å². The second-order valence-electron chi connectivity index (χ2n) is 8.57. The number of nitrogens with zero attached hydrogens (tertiary/aromatic N) is 1. The zero-order valence-electron chi connectivity index (χ0n) is 17.8. The van der Waals surface area contributed by atoms with Gasteiger partial charge in [0.15, 0.2) is 12.4 Å². The number of carbonyl (C=O) groups is 3. The monoisotopic (exact) mass is 419 g/mol. The van der Waals surface area contributed by atoms with Gasteiger partial charge < -0.3 is 9.64 Å². The van der Waals surface area contributed by atoms with Gasteiger partial charge in [-0.05, 0) is 48.4 Å². The van der Waals surface area contributed by atoms with Crippen molar-refractivity contribution in [3.8, 4) is 0 Å². The van der Waals surface area contributed by atoms with Gasteiger partial charge in [-0.2, -0.15) is 0 Å². The maximum Gasteiger partial charge on any atom is 0.338 e. The van der Waals surface area contributed by atoms with Crippen LogP contribution in [0.2, 0.25) is 0 Å². The first-order chi connectivity index (χ1) is 15.1. The summed E-state index contributed by atoms with van der Waals surface area (Å²) in [6.45, 7) is 1.07. The molecule has 1 aliphatic heterocycles. The van der Waals surface area contributed by atoms with E-state index in [1.165, 1.54) is 37.7 Å². The van der Waals surface area contributed by atoms with Crippen LogP contribution in [0, 0.1) is 0 Å². The maximum atomic E-state index is 12.4. The molecule has 2 aromatic carbocycles. The Balaban J connectivity index is 1.27. The zero-order valence-corrected chi connectivity index (χ0v) is 17.8. The van der Waals surface area contributed by atoms with Crippen LogP contribution in [-0.2, 0) is 16.1 Å². The molecule has 0 bridgehead atoms. The van der Waals surface area contributed by atoms with Crippen LogP contribution < -0.4 is 0 Å². The highest BCUT2D eigenvalue weighted by molar-refractivity contribution is 5.99. The van der Waals surface area contributed by atoms with E-state index in [1.807, 2.05) is 41.3 Å². The summed E-state index contributed by atoms with van der Waals surface area (Å²) in [5.41, 5.74) is 3.24. The molecule has 31 heavy (non-hydrogen) atoms. The Morgan fingerprint density at radius 1 is 0.871 bits per heavy atom. The van der Waals surface area contributed by atoms with Crippen molar-refractivity contribution in [2.75, 3.05) is 13.2 Å². The van der Waals surface area contributed by atoms with Gasteiger partial charge in [0.1, 0.15) is 0 Å². The van der Waals surface area contributed by atoms with Gasteiger partial charge in [0.2, 0.25) is 5.91 Å². The second kappa shape index (κ2) is 9.90. The number of ketones is 1. The Hall–Kier alpha value is -2.95. The van der Waals surface area contributed by atoms with Crippen molar-refractivity contribution >= 4 is 17.7 Å². The lowest BCUT2D eigenvalue weighted by Gasteiger charge is -2.22. The third-order valence-corrected chi connectivity index (χ3v) is 6.38. The summed E-state index contributed by atoms with van der Waals surface area (Å²) < 4.78 is 5.23. The maximum absolute atomic E-state index is 12.4. The number of likely N-dealkylation sites (tertiary alicyclic amines) is 1. The van der Waals surface area contributed by atoms with E-state index in [0.29, 0.717) is 30.0 Å². The average molecular weight is 420 g/mol. The molecule has 0 N–H and O–H groups in total. The van der Waals surface area contributed by atoms with Crippen LogP contribution in [0.1, 0.15) is 82.7 Å². The molecule has 0 unspecified atom stereocenters. The minimum atomic E-state index is -0.518. The highest BCUT2D eigenvalue weighted by atomic mass is 16.5. The van der Waals surface area contributed by atoms with Crippen molar-refractivity contribution < 1.29 is 19.1 Å². The summed E-state index contributed by atoms with van der Waals surface area (Å²) in [6.07, 6.45) is 7.83. The third-order valence-electron chi connectivity index (χ3n) is 6.38. The smallest absolute Gasteiger partial charge is 0.338 e. The zero-order chi connectivity index (χ0) is 21.6. The van der Waals surface area contributed by atoms with Gasteiger partial charge in [0.25, 0.3) is 0 Å². The molecular weight excluding hydrogens is 390 g/mol. The molecule has 0 atom stereocenters. The summed E-state index contributed by atoms with van der Waals surface area (Å²) in [6, 6.07) is 14.8. The van der Waals surface area contributed by atoms with Crippen LogP contribution in [0.5, 0.6) is 0 Å². The molecule has 1 amide bonds. The molecule has 1 heterocycles. The van der Waals surface area contributed by atoms with Crippen LogP contribution in [0.4, 0.5) is 0 Å². The predicted molar refractivity (Wildman–Crippen MR) is 118 cm³/mol. The summed E-state index contributed by atoms with van der Waals surface area (Å²) in [4.78, 5) is 38.3. The number of hydrogen-bond donors (Lipinski definition) is 0. The number of rotatable bonds is 7. The molecule has 2 aromatic rings. The number of benzene rings is 2. The fraction of sp³-hybridized carbons (Fsp3) is 0.423. The molecule has 5 nitrogen and oxygen atoms in total. The van der Waals surface area contributed by atoms with Crippen molar-refractivity contribution in [2.24, 2.45) is 0 Å². The van der Waals surface area contributed by atoms with E-state index in [-0.39, 0.29) is 18.3 Å². The van der Waals surface area contributed by atoms with Crippen molar-refractivity contribution in [3.63, 3.8) is 0 Å². The van der Waals surface area contributed by atoms with Gasteiger partial charge >= 0.3 is 5.97 Å². The summed E-state index contributed by atoms with van der Waals surface area (Å²) in [5, 5.41) is 0. The van der Waals surface area contributed by atoms with E-state index in [1.54, 1.807) is 12.1 Å². The van der Waals surface area contributed by atoms with Crippen molar-refractivity contribution in [2.45, 2.75) is 57.4 Å². The molecule has 2 fully saturated rings. The first-order valence-corrected chi connectivity index (χ1v) is 11.3. The highest BCUT2D eigenvalue weighted by Crippen LogP contribution is 2.32. The molecule has 0 aromatic heterocycles. The Morgan fingerprint density at radius 3 is 2.19 bits per heavy atom. The first kappa shape index (κ1) is 21.3. The van der Waals surface area contributed by atoms with E-state index in [4.69, 9.17) is 4.74 Å². The number of hydrogen-bond acceptors (Lipinski definition) is 4. The van der Waals surface area contributed by atoms with Gasteiger partial charge in [-0.25, -0.2) is 4.79 Å². The predicted octanol–water partition coefficient (Wildman–Crippen LogP) is 4.90. The molecule has 0 radical (unpaired) electrons. The molecular formula is C26H29NO4. The topological polar surface area (TPSA) is 63.7 Å². The molecule has 1 aliphatic carbocycles. The SMILES string of the molecule is O=C(COC(=O)c1ccc(CN2CCCC2=O)cc1)c1ccc(C2CCCCC2)cc1. The third kappa shape index (κ3) is 5.40. The summed E-state index contributed by atoms with van der Waals surface area (Å²) in [7, 11) is 0.